The number of ether oxygens (including phenoxy) is 2. The Labute approximate surface area is 387 Å². The summed E-state index contributed by atoms with van der Waals surface area (Å²) in [7, 11) is -10.7. The maximum absolute atomic E-state index is 12.8. The van der Waals surface area contributed by atoms with Crippen LogP contribution in [0.25, 0.3) is 0 Å². The van der Waals surface area contributed by atoms with Gasteiger partial charge >= 0.3 is 27.6 Å². The molecule has 0 saturated heterocycles. The number of phosphoric ester groups is 2. The Morgan fingerprint density at radius 2 is 1.00 bits per heavy atom. The zero-order valence-corrected chi connectivity index (χ0v) is 36.4. The van der Waals surface area contributed by atoms with E-state index in [4.69, 9.17) is 34.7 Å². The fraction of sp³-hybridized carbons (Fsp3) is 0.571. The number of carbonyl (C=O) groups is 2. The van der Waals surface area contributed by atoms with E-state index in [-0.39, 0.29) is 41.3 Å². The number of esters is 2. The van der Waals surface area contributed by atoms with E-state index in [0.29, 0.717) is 6.42 Å². The summed E-state index contributed by atoms with van der Waals surface area (Å²) in [6.07, 6.45) is 3.79. The standard InChI is InChI=1S/C42H50O16P2.H2S.15H2/c1-3-5-7-9-11-13-15-17-19-20-22-24-26-28-30-35(43)54-32-34(56-36(44)31-29-27-25-23-21-18-16-14-12-10-8-6-4-2)33-55-60(52,53)58-42-39(47)37(45)41(38(46)40(42)48)57-59(49,50)51;;;;;;;;;;;;;;;;/h1,34,37-42,45-48H,4,6,8,10,12,14,16,18,21,23,25,27,29,31-33H2,2H3,(H,52,53)(H2,49,50,51);1H2;15*1H/t34-,37-,38+,39?,40-,41?,42?;;;;;;;;;;;;;;;;/m1................/s1. The summed E-state index contributed by atoms with van der Waals surface area (Å²) in [5.41, 5.74) is 0. The van der Waals surface area contributed by atoms with Crippen molar-refractivity contribution >= 4 is 41.1 Å². The van der Waals surface area contributed by atoms with E-state index in [1.54, 1.807) is 0 Å². The first-order chi connectivity index (χ1) is 28.6. The zero-order valence-electron chi connectivity index (χ0n) is 33.6. The van der Waals surface area contributed by atoms with E-state index < -0.39 is 83.5 Å². The number of hydrogen-bond acceptors (Lipinski definition) is 13. The molecule has 0 aromatic carbocycles. The molecule has 0 amide bonds. The highest BCUT2D eigenvalue weighted by atomic mass is 32.1. The van der Waals surface area contributed by atoms with Gasteiger partial charge in [-0.25, -0.2) is 13.9 Å². The lowest BCUT2D eigenvalue weighted by Crippen LogP contribution is -2.64. The van der Waals surface area contributed by atoms with E-state index in [1.165, 1.54) is 44.9 Å². The quantitative estimate of drug-likeness (QED) is 0.0198. The second-order valence-electron chi connectivity index (χ2n) is 13.0. The molecule has 8 atom stereocenters. The minimum Gasteiger partial charge on any atom is -0.456 e. The zero-order chi connectivity index (χ0) is 44.7. The molecule has 1 saturated carbocycles. The number of aliphatic hydroxyl groups is 4. The lowest BCUT2D eigenvalue weighted by atomic mass is 9.85. The van der Waals surface area contributed by atoms with Gasteiger partial charge in [0, 0.05) is 33.7 Å². The average molecular weight is 937 g/mol. The number of aliphatic hydroxyl groups excluding tert-OH is 4. The van der Waals surface area contributed by atoms with Gasteiger partial charge in [-0.1, -0.05) is 84.0 Å². The first-order valence-corrected chi connectivity index (χ1v) is 22.1. The summed E-state index contributed by atoms with van der Waals surface area (Å²) < 4.78 is 48.3. The third-order valence-corrected chi connectivity index (χ3v) is 9.66. The minimum absolute atomic E-state index is 0. The third kappa shape index (κ3) is 28.1. The van der Waals surface area contributed by atoms with Crippen molar-refractivity contribution in [3.63, 3.8) is 0 Å². The average Bonchev–Trinajstić information content (AvgIpc) is 3.20. The van der Waals surface area contributed by atoms with Crippen LogP contribution in [0.5, 0.6) is 0 Å². The van der Waals surface area contributed by atoms with E-state index in [0.717, 1.165) is 32.1 Å². The monoisotopic (exact) mass is 936 g/mol. The van der Waals surface area contributed by atoms with Gasteiger partial charge in [0.05, 0.1) is 6.61 Å². The Hall–Kier alpha value is -4.17. The van der Waals surface area contributed by atoms with Crippen molar-refractivity contribution in [2.45, 2.75) is 140 Å². The van der Waals surface area contributed by atoms with Crippen LogP contribution in [0, 0.1) is 95.2 Å². The van der Waals surface area contributed by atoms with Crippen LogP contribution in [-0.4, -0.2) is 103 Å². The molecule has 362 valence electrons. The molecule has 7 N–H and O–H groups in total. The number of hydrogen-bond donors (Lipinski definition) is 7. The molecule has 1 aliphatic carbocycles. The molecule has 16 nitrogen and oxygen atoms in total. The van der Waals surface area contributed by atoms with Crippen LogP contribution in [0.3, 0.4) is 0 Å². The smallest absolute Gasteiger partial charge is 0.456 e. The van der Waals surface area contributed by atoms with Crippen molar-refractivity contribution < 1.29 is 98.3 Å². The van der Waals surface area contributed by atoms with E-state index >= 15 is 0 Å². The van der Waals surface area contributed by atoms with Crippen molar-refractivity contribution in [3.05, 3.63) is 0 Å². The predicted molar refractivity (Wildman–Crippen MR) is 258 cm³/mol. The molecule has 1 fully saturated rings. The largest absolute Gasteiger partial charge is 0.472 e. The molecule has 1 rings (SSSR count). The van der Waals surface area contributed by atoms with Crippen molar-refractivity contribution in [1.82, 2.24) is 0 Å². The first kappa shape index (κ1) is 56.8. The lowest BCUT2D eigenvalue weighted by Gasteiger charge is -2.43. The van der Waals surface area contributed by atoms with Gasteiger partial charge in [-0.05, 0) is 89.3 Å². The SMILES string of the molecule is C#CC#CC#CC#CC#CC#CC#CC#CC(=O)OC[C@H](COP(=O)(O)OC1C(O)[C@@H](O)C(OP(=O)(O)O)[C@@H](O)[C@H]1O)OC(=O)CCCCCCCCCCCCCCC.S.[HH].[HH].[HH].[HH].[HH].[HH].[HH].[HH].[HH].[HH].[HH].[HH].[HH].[HH].[HH]. The Morgan fingerprint density at radius 3 is 1.43 bits per heavy atom. The van der Waals surface area contributed by atoms with Crippen LogP contribution >= 0.6 is 29.1 Å². The summed E-state index contributed by atoms with van der Waals surface area (Å²) in [4.78, 5) is 53.3. The molecule has 0 bridgehead atoms. The topological polar surface area (TPSA) is 256 Å². The van der Waals surface area contributed by atoms with E-state index in [9.17, 15) is 44.0 Å². The van der Waals surface area contributed by atoms with Gasteiger partial charge in [-0.2, -0.15) is 13.5 Å². The predicted octanol–water partition coefficient (Wildman–Crippen LogP) is 5.82. The molecule has 0 aromatic heterocycles. The maximum Gasteiger partial charge on any atom is 0.472 e. The minimum atomic E-state index is -5.35. The number of rotatable bonds is 24. The molecule has 0 aromatic rings. The molecule has 1 aliphatic rings. The van der Waals surface area contributed by atoms with Crippen LogP contribution in [0.1, 0.15) is 118 Å². The van der Waals surface area contributed by atoms with Gasteiger partial charge in [0.1, 0.15) is 43.2 Å². The van der Waals surface area contributed by atoms with Crippen LogP contribution in [-0.2, 0) is 41.8 Å². The Morgan fingerprint density at radius 1 is 0.607 bits per heavy atom. The summed E-state index contributed by atoms with van der Waals surface area (Å²) in [5.74, 6) is 32.9. The van der Waals surface area contributed by atoms with Crippen molar-refractivity contribution in [2.75, 3.05) is 13.2 Å². The second-order valence-corrected chi connectivity index (χ2v) is 15.6. The Bertz CT molecular complexity index is 2020. The fourth-order valence-corrected chi connectivity index (χ4v) is 6.80. The van der Waals surface area contributed by atoms with Crippen LogP contribution in [0.15, 0.2) is 0 Å². The maximum atomic E-state index is 12.8. The molecule has 0 aliphatic heterocycles. The van der Waals surface area contributed by atoms with Gasteiger partial charge in [0.25, 0.3) is 0 Å². The summed E-state index contributed by atoms with van der Waals surface area (Å²) in [5, 5.41) is 41.2. The van der Waals surface area contributed by atoms with Gasteiger partial charge < -0.3 is 44.6 Å². The Balaban J connectivity index is -0.000000161. The normalized spacial score (nSPS) is 20.0. The van der Waals surface area contributed by atoms with Gasteiger partial charge in [-0.3, -0.25) is 18.4 Å². The molecule has 4 unspecified atom stereocenters. The molecule has 19 heteroatoms. The molecular formula is C42H82O16P2S. The number of terminal acetylenes is 1. The van der Waals surface area contributed by atoms with Crippen LogP contribution in [0.2, 0.25) is 0 Å². The van der Waals surface area contributed by atoms with Crippen molar-refractivity contribution in [1.29, 1.82) is 0 Å². The summed E-state index contributed by atoms with van der Waals surface area (Å²) in [6.45, 7) is 0.522. The highest BCUT2D eigenvalue weighted by molar-refractivity contribution is 7.59. The van der Waals surface area contributed by atoms with E-state index in [2.05, 4.69) is 100 Å². The number of phosphoric acid groups is 2. The van der Waals surface area contributed by atoms with E-state index in [1.807, 2.05) is 0 Å². The summed E-state index contributed by atoms with van der Waals surface area (Å²) >= 11 is 0. The number of carbonyl (C=O) groups excluding carboxylic acids is 2. The van der Waals surface area contributed by atoms with Crippen LogP contribution in [0.4, 0.5) is 0 Å². The van der Waals surface area contributed by atoms with Crippen molar-refractivity contribution in [3.8, 4) is 95.2 Å². The first-order valence-electron chi connectivity index (χ1n) is 19.1. The van der Waals surface area contributed by atoms with Crippen molar-refractivity contribution in [2.24, 2.45) is 0 Å². The van der Waals surface area contributed by atoms with Crippen LogP contribution < -0.4 is 0 Å². The molecule has 0 radical (unpaired) electrons. The number of unbranched alkanes of at least 4 members (excludes halogenated alkanes) is 12. The fourth-order valence-electron chi connectivity index (χ4n) is 5.27. The Kier molecular flexibility index (Phi) is 31.2. The lowest BCUT2D eigenvalue weighted by molar-refractivity contribution is -0.216. The molecule has 0 heterocycles. The highest BCUT2D eigenvalue weighted by Crippen LogP contribution is 2.48. The molecular weight excluding hydrogens is 854 g/mol. The summed E-state index contributed by atoms with van der Waals surface area (Å²) in [6, 6.07) is 0. The molecule has 61 heavy (non-hydrogen) atoms. The van der Waals surface area contributed by atoms with Gasteiger partial charge in [-0.15, -0.1) is 6.42 Å². The third-order valence-electron chi connectivity index (χ3n) is 8.15. The van der Waals surface area contributed by atoms with Gasteiger partial charge in [0.15, 0.2) is 6.10 Å². The second kappa shape index (κ2) is 33.5. The van der Waals surface area contributed by atoms with Gasteiger partial charge in [0.2, 0.25) is 0 Å². The highest BCUT2D eigenvalue weighted by Gasteiger charge is 2.54. The molecule has 0 spiro atoms.